The number of amides is 3. The number of hydrogen-bond donors (Lipinski definition) is 3. The van der Waals surface area contributed by atoms with Crippen molar-refractivity contribution < 1.29 is 14.4 Å². The largest absolute Gasteiger partial charge is 0.368 e. The number of rotatable bonds is 5. The van der Waals surface area contributed by atoms with Crippen molar-refractivity contribution >= 4 is 39.3 Å². The third kappa shape index (κ3) is 4.65. The van der Waals surface area contributed by atoms with Crippen LogP contribution in [0.5, 0.6) is 0 Å². The van der Waals surface area contributed by atoms with E-state index in [0.29, 0.717) is 21.3 Å². The van der Waals surface area contributed by atoms with Crippen LogP contribution < -0.4 is 16.4 Å². The van der Waals surface area contributed by atoms with Gasteiger partial charge in [-0.2, -0.15) is 0 Å². The SMILES string of the molecule is NC(=O)CNC(=O)c1cccc(NC(=O)c2ccccc2Br)c1. The summed E-state index contributed by atoms with van der Waals surface area (Å²) < 4.78 is 0.674. The molecule has 6 nitrogen and oxygen atoms in total. The lowest BCUT2D eigenvalue weighted by atomic mass is 10.1. The second kappa shape index (κ2) is 7.55. The van der Waals surface area contributed by atoms with E-state index in [4.69, 9.17) is 5.73 Å². The minimum atomic E-state index is -0.628. The molecule has 4 N–H and O–H groups in total. The van der Waals surface area contributed by atoms with Gasteiger partial charge in [0.15, 0.2) is 0 Å². The molecule has 0 spiro atoms. The van der Waals surface area contributed by atoms with Crippen LogP contribution in [-0.2, 0) is 4.79 Å². The number of halogens is 1. The van der Waals surface area contributed by atoms with Gasteiger partial charge in [0.25, 0.3) is 11.8 Å². The summed E-state index contributed by atoms with van der Waals surface area (Å²) in [7, 11) is 0. The van der Waals surface area contributed by atoms with Gasteiger partial charge in [0, 0.05) is 15.7 Å². The Morgan fingerprint density at radius 1 is 1.00 bits per heavy atom. The predicted octanol–water partition coefficient (Wildman–Crippen LogP) is 1.92. The molecule has 0 aromatic heterocycles. The highest BCUT2D eigenvalue weighted by atomic mass is 79.9. The van der Waals surface area contributed by atoms with E-state index in [1.165, 1.54) is 6.07 Å². The topological polar surface area (TPSA) is 101 Å². The molecule has 0 heterocycles. The van der Waals surface area contributed by atoms with Crippen LogP contribution in [0, 0.1) is 0 Å². The summed E-state index contributed by atoms with van der Waals surface area (Å²) in [6, 6.07) is 13.4. The first-order chi connectivity index (χ1) is 11.0. The monoisotopic (exact) mass is 375 g/mol. The molecule has 0 aliphatic heterocycles. The van der Waals surface area contributed by atoms with E-state index < -0.39 is 11.8 Å². The fourth-order valence-electron chi connectivity index (χ4n) is 1.85. The number of benzene rings is 2. The molecular weight excluding hydrogens is 362 g/mol. The second-order valence-corrected chi connectivity index (χ2v) is 5.52. The molecule has 0 bridgehead atoms. The molecular formula is C16H14BrN3O3. The van der Waals surface area contributed by atoms with E-state index in [1.54, 1.807) is 36.4 Å². The molecule has 7 heteroatoms. The van der Waals surface area contributed by atoms with Crippen molar-refractivity contribution in [1.29, 1.82) is 0 Å². The van der Waals surface area contributed by atoms with Gasteiger partial charge in [-0.15, -0.1) is 0 Å². The van der Waals surface area contributed by atoms with Gasteiger partial charge in [0.05, 0.1) is 12.1 Å². The number of primary amides is 1. The summed E-state index contributed by atoms with van der Waals surface area (Å²) in [5.74, 6) is -1.37. The summed E-state index contributed by atoms with van der Waals surface area (Å²) in [4.78, 5) is 34.8. The van der Waals surface area contributed by atoms with Crippen LogP contribution in [0.4, 0.5) is 5.69 Å². The lowest BCUT2D eigenvalue weighted by molar-refractivity contribution is -0.117. The lowest BCUT2D eigenvalue weighted by Crippen LogP contribution is -2.33. The zero-order chi connectivity index (χ0) is 16.8. The molecule has 0 saturated heterocycles. The van der Waals surface area contributed by atoms with E-state index in [2.05, 4.69) is 26.6 Å². The molecule has 0 unspecified atom stereocenters. The predicted molar refractivity (Wildman–Crippen MR) is 90.1 cm³/mol. The Hall–Kier alpha value is -2.67. The Kier molecular flexibility index (Phi) is 5.48. The summed E-state index contributed by atoms with van der Waals surface area (Å²) in [6.07, 6.45) is 0. The second-order valence-electron chi connectivity index (χ2n) is 4.66. The molecule has 2 aromatic carbocycles. The Bertz CT molecular complexity index is 762. The van der Waals surface area contributed by atoms with Crippen LogP contribution >= 0.6 is 15.9 Å². The third-order valence-corrected chi connectivity index (χ3v) is 3.62. The number of carbonyl (C=O) groups is 3. The van der Waals surface area contributed by atoms with E-state index in [-0.39, 0.29) is 12.5 Å². The number of nitrogens with two attached hydrogens (primary N) is 1. The van der Waals surface area contributed by atoms with Crippen LogP contribution in [-0.4, -0.2) is 24.3 Å². The number of nitrogens with one attached hydrogen (secondary N) is 2. The minimum Gasteiger partial charge on any atom is -0.368 e. The van der Waals surface area contributed by atoms with Gasteiger partial charge in [-0.1, -0.05) is 18.2 Å². The first-order valence-corrected chi connectivity index (χ1v) is 7.49. The molecule has 118 valence electrons. The highest BCUT2D eigenvalue weighted by molar-refractivity contribution is 9.10. The lowest BCUT2D eigenvalue weighted by Gasteiger charge is -2.08. The van der Waals surface area contributed by atoms with Gasteiger partial charge in [0.2, 0.25) is 5.91 Å². The summed E-state index contributed by atoms with van der Waals surface area (Å²) >= 11 is 3.31. The van der Waals surface area contributed by atoms with Crippen molar-refractivity contribution in [2.45, 2.75) is 0 Å². The van der Waals surface area contributed by atoms with E-state index in [1.807, 2.05) is 6.07 Å². The molecule has 0 saturated carbocycles. The Balaban J connectivity index is 2.11. The average molecular weight is 376 g/mol. The summed E-state index contributed by atoms with van der Waals surface area (Å²) in [5, 5.41) is 5.10. The first-order valence-electron chi connectivity index (χ1n) is 6.70. The summed E-state index contributed by atoms with van der Waals surface area (Å²) in [6.45, 7) is -0.244. The first kappa shape index (κ1) is 16.7. The standard InChI is InChI=1S/C16H14BrN3O3/c17-13-7-2-1-6-12(13)16(23)20-11-5-3-4-10(8-11)15(22)19-9-14(18)21/h1-8H,9H2,(H2,18,21)(H,19,22)(H,20,23). The summed E-state index contributed by atoms with van der Waals surface area (Å²) in [5.41, 5.74) is 6.25. The van der Waals surface area contributed by atoms with Crippen LogP contribution in [0.25, 0.3) is 0 Å². The van der Waals surface area contributed by atoms with Crippen molar-refractivity contribution in [3.8, 4) is 0 Å². The van der Waals surface area contributed by atoms with E-state index in [0.717, 1.165) is 0 Å². The van der Waals surface area contributed by atoms with Crippen LogP contribution in [0.15, 0.2) is 53.0 Å². The highest BCUT2D eigenvalue weighted by Crippen LogP contribution is 2.18. The molecule has 23 heavy (non-hydrogen) atoms. The van der Waals surface area contributed by atoms with E-state index >= 15 is 0 Å². The number of anilines is 1. The van der Waals surface area contributed by atoms with Gasteiger partial charge in [-0.3, -0.25) is 14.4 Å². The Labute approximate surface area is 141 Å². The zero-order valence-electron chi connectivity index (χ0n) is 12.0. The van der Waals surface area contributed by atoms with Crippen molar-refractivity contribution in [1.82, 2.24) is 5.32 Å². The number of carbonyl (C=O) groups excluding carboxylic acids is 3. The van der Waals surface area contributed by atoms with Gasteiger partial charge >= 0.3 is 0 Å². The van der Waals surface area contributed by atoms with Crippen LogP contribution in [0.2, 0.25) is 0 Å². The maximum atomic E-state index is 12.2. The van der Waals surface area contributed by atoms with Gasteiger partial charge in [-0.05, 0) is 46.3 Å². The van der Waals surface area contributed by atoms with Crippen molar-refractivity contribution in [2.24, 2.45) is 5.73 Å². The molecule has 2 aromatic rings. The fraction of sp³-hybridized carbons (Fsp3) is 0.0625. The third-order valence-electron chi connectivity index (χ3n) is 2.92. The fourth-order valence-corrected chi connectivity index (χ4v) is 2.32. The molecule has 0 radical (unpaired) electrons. The maximum absolute atomic E-state index is 12.2. The quantitative estimate of drug-likeness (QED) is 0.743. The van der Waals surface area contributed by atoms with Gasteiger partial charge in [0.1, 0.15) is 0 Å². The van der Waals surface area contributed by atoms with Gasteiger partial charge < -0.3 is 16.4 Å². The molecule has 0 atom stereocenters. The molecule has 0 fully saturated rings. The molecule has 0 aliphatic carbocycles. The molecule has 2 rings (SSSR count). The van der Waals surface area contributed by atoms with Crippen molar-refractivity contribution in [3.05, 3.63) is 64.1 Å². The average Bonchev–Trinajstić information content (AvgIpc) is 2.53. The highest BCUT2D eigenvalue weighted by Gasteiger charge is 2.11. The minimum absolute atomic E-state index is 0.244. The zero-order valence-corrected chi connectivity index (χ0v) is 13.6. The van der Waals surface area contributed by atoms with Crippen molar-refractivity contribution in [2.75, 3.05) is 11.9 Å². The van der Waals surface area contributed by atoms with E-state index in [9.17, 15) is 14.4 Å². The van der Waals surface area contributed by atoms with Crippen LogP contribution in [0.1, 0.15) is 20.7 Å². The molecule has 0 aliphatic rings. The maximum Gasteiger partial charge on any atom is 0.256 e. The normalized spacial score (nSPS) is 9.96. The number of hydrogen-bond acceptors (Lipinski definition) is 3. The smallest absolute Gasteiger partial charge is 0.256 e. The Morgan fingerprint density at radius 3 is 2.43 bits per heavy atom. The van der Waals surface area contributed by atoms with Crippen molar-refractivity contribution in [3.63, 3.8) is 0 Å². The Morgan fingerprint density at radius 2 is 1.74 bits per heavy atom. The van der Waals surface area contributed by atoms with Crippen LogP contribution in [0.3, 0.4) is 0 Å². The van der Waals surface area contributed by atoms with Gasteiger partial charge in [-0.25, -0.2) is 0 Å². The molecule has 3 amide bonds.